The van der Waals surface area contributed by atoms with Gasteiger partial charge in [-0.3, -0.25) is 4.79 Å². The van der Waals surface area contributed by atoms with Crippen LogP contribution >= 0.6 is 0 Å². The van der Waals surface area contributed by atoms with Gasteiger partial charge in [0.15, 0.2) is 0 Å². The van der Waals surface area contributed by atoms with Crippen LogP contribution in [-0.2, 0) is 11.2 Å². The summed E-state index contributed by atoms with van der Waals surface area (Å²) in [5.74, 6) is 0.612. The molecule has 0 aliphatic carbocycles. The number of carbonyl (C=O) groups excluding carboxylic acids is 1. The maximum atomic E-state index is 12.8. The number of hydrogen-bond acceptors (Lipinski definition) is 6. The lowest BCUT2D eigenvalue weighted by molar-refractivity contribution is -0.120. The van der Waals surface area contributed by atoms with E-state index in [1.54, 1.807) is 30.6 Å². The zero-order valence-electron chi connectivity index (χ0n) is 18.4. The van der Waals surface area contributed by atoms with Gasteiger partial charge in [-0.2, -0.15) is 8.78 Å². The van der Waals surface area contributed by atoms with E-state index >= 15 is 0 Å². The number of benzene rings is 1. The molecule has 10 heteroatoms. The minimum atomic E-state index is -2.89. The van der Waals surface area contributed by atoms with Gasteiger partial charge in [-0.25, -0.2) is 15.0 Å². The van der Waals surface area contributed by atoms with Gasteiger partial charge in [-0.05, 0) is 25.1 Å². The number of nitrogens with one attached hydrogen (secondary N) is 1. The van der Waals surface area contributed by atoms with Crippen LogP contribution in [0.25, 0.3) is 16.8 Å². The van der Waals surface area contributed by atoms with E-state index in [1.165, 1.54) is 6.07 Å². The third kappa shape index (κ3) is 4.39. The van der Waals surface area contributed by atoms with Crippen molar-refractivity contribution >= 4 is 17.5 Å². The monoisotopic (exact) mass is 464 g/mol. The van der Waals surface area contributed by atoms with Gasteiger partial charge >= 0.3 is 6.61 Å². The van der Waals surface area contributed by atoms with Crippen molar-refractivity contribution < 1.29 is 18.3 Å². The van der Waals surface area contributed by atoms with Crippen LogP contribution in [0.1, 0.15) is 17.0 Å². The molecular formula is C24H22F2N6O2. The quantitative estimate of drug-likeness (QED) is 0.472. The molecule has 5 rings (SSSR count). The minimum Gasteiger partial charge on any atom is -0.435 e. The normalized spacial score (nSPS) is 14.0. The average molecular weight is 464 g/mol. The van der Waals surface area contributed by atoms with Crippen molar-refractivity contribution in [3.05, 3.63) is 71.9 Å². The molecule has 4 heterocycles. The highest BCUT2D eigenvalue weighted by Gasteiger charge is 2.19. The predicted molar refractivity (Wildman–Crippen MR) is 122 cm³/mol. The number of alkyl halides is 2. The topological polar surface area (TPSA) is 84.7 Å². The number of aryl methyl sites for hydroxylation is 1. The van der Waals surface area contributed by atoms with Crippen LogP contribution in [0.5, 0.6) is 5.75 Å². The number of pyridine rings is 1. The van der Waals surface area contributed by atoms with Crippen LogP contribution in [0.15, 0.2) is 55.0 Å². The molecule has 1 N–H and O–H groups in total. The minimum absolute atomic E-state index is 0.0482. The second-order valence-electron chi connectivity index (χ2n) is 8.00. The molecule has 1 saturated heterocycles. The highest BCUT2D eigenvalue weighted by molar-refractivity contribution is 5.82. The highest BCUT2D eigenvalue weighted by atomic mass is 19.3. The molecule has 8 nitrogen and oxygen atoms in total. The molecule has 34 heavy (non-hydrogen) atoms. The van der Waals surface area contributed by atoms with Crippen LogP contribution in [0.3, 0.4) is 0 Å². The number of carbonyl (C=O) groups is 1. The number of anilines is 1. The van der Waals surface area contributed by atoms with Crippen molar-refractivity contribution in [2.75, 3.05) is 24.5 Å². The SMILES string of the molecule is Cc1nc2ccc(-c3cnc(N4CCNC(=O)C4)nc3)cn2c1Cc1ccccc1OC(F)F. The summed E-state index contributed by atoms with van der Waals surface area (Å²) in [7, 11) is 0. The number of aromatic nitrogens is 4. The lowest BCUT2D eigenvalue weighted by atomic mass is 10.1. The lowest BCUT2D eigenvalue weighted by Crippen LogP contribution is -2.48. The Kier molecular flexibility index (Phi) is 5.79. The molecule has 0 unspecified atom stereocenters. The van der Waals surface area contributed by atoms with Gasteiger partial charge < -0.3 is 19.4 Å². The Morgan fingerprint density at radius 3 is 2.68 bits per heavy atom. The van der Waals surface area contributed by atoms with Crippen molar-refractivity contribution in [2.24, 2.45) is 0 Å². The number of piperazine rings is 1. The van der Waals surface area contributed by atoms with Crippen molar-refractivity contribution in [1.82, 2.24) is 24.7 Å². The van der Waals surface area contributed by atoms with E-state index < -0.39 is 6.61 Å². The molecule has 1 aromatic carbocycles. The Balaban J connectivity index is 1.45. The van der Waals surface area contributed by atoms with Gasteiger partial charge in [0, 0.05) is 60.5 Å². The Hall–Kier alpha value is -4.08. The van der Waals surface area contributed by atoms with Gasteiger partial charge in [-0.1, -0.05) is 18.2 Å². The number of halogens is 2. The molecule has 1 aliphatic heterocycles. The fourth-order valence-electron chi connectivity index (χ4n) is 4.08. The van der Waals surface area contributed by atoms with Crippen molar-refractivity contribution in [1.29, 1.82) is 0 Å². The van der Waals surface area contributed by atoms with Crippen LogP contribution in [0.2, 0.25) is 0 Å². The largest absolute Gasteiger partial charge is 0.435 e. The van der Waals surface area contributed by atoms with Gasteiger partial charge in [0.05, 0.1) is 12.2 Å². The maximum Gasteiger partial charge on any atom is 0.387 e. The second-order valence-corrected chi connectivity index (χ2v) is 8.00. The van der Waals surface area contributed by atoms with Crippen molar-refractivity contribution in [3.63, 3.8) is 0 Å². The van der Waals surface area contributed by atoms with Crippen molar-refractivity contribution in [2.45, 2.75) is 20.0 Å². The Labute approximate surface area is 194 Å². The van der Waals surface area contributed by atoms with E-state index in [0.29, 0.717) is 31.0 Å². The van der Waals surface area contributed by atoms with E-state index in [4.69, 9.17) is 4.74 Å². The summed E-state index contributed by atoms with van der Waals surface area (Å²) in [4.78, 5) is 27.0. The zero-order chi connectivity index (χ0) is 23.7. The first-order valence-corrected chi connectivity index (χ1v) is 10.8. The third-order valence-corrected chi connectivity index (χ3v) is 5.76. The van der Waals surface area contributed by atoms with E-state index in [0.717, 1.165) is 28.2 Å². The summed E-state index contributed by atoms with van der Waals surface area (Å²) in [5.41, 5.74) is 4.77. The van der Waals surface area contributed by atoms with E-state index in [9.17, 15) is 13.6 Å². The van der Waals surface area contributed by atoms with E-state index in [1.807, 2.05) is 34.6 Å². The summed E-state index contributed by atoms with van der Waals surface area (Å²) < 4.78 is 32.3. The molecule has 1 aliphatic rings. The summed E-state index contributed by atoms with van der Waals surface area (Å²) in [5, 5.41) is 2.78. The molecule has 0 spiro atoms. The molecule has 4 aromatic rings. The number of nitrogens with zero attached hydrogens (tertiary/aromatic N) is 5. The smallest absolute Gasteiger partial charge is 0.387 e. The van der Waals surface area contributed by atoms with Gasteiger partial charge in [0.2, 0.25) is 11.9 Å². The number of amides is 1. The van der Waals surface area contributed by atoms with E-state index in [2.05, 4.69) is 20.3 Å². The number of imidazole rings is 1. The standard InChI is InChI=1S/C24H22F2N6O2/c1-15-19(10-16-4-2-3-5-20(16)34-23(25)26)32-13-17(6-7-21(32)30-15)18-11-28-24(29-12-18)31-9-8-27-22(33)14-31/h2-7,11-13,23H,8-10,14H2,1H3,(H,27,33). The number of ether oxygens (including phenoxy) is 1. The second kappa shape index (κ2) is 9.05. The lowest BCUT2D eigenvalue weighted by Gasteiger charge is -2.26. The summed E-state index contributed by atoms with van der Waals surface area (Å²) in [6.07, 6.45) is 5.77. The van der Waals surface area contributed by atoms with E-state index in [-0.39, 0.29) is 18.2 Å². The number of fused-ring (bicyclic) bond motifs is 1. The summed E-state index contributed by atoms with van der Waals surface area (Å²) >= 11 is 0. The average Bonchev–Trinajstić information content (AvgIpc) is 3.14. The van der Waals surface area contributed by atoms with Gasteiger partial charge in [0.25, 0.3) is 0 Å². The first-order chi connectivity index (χ1) is 16.5. The van der Waals surface area contributed by atoms with Crippen molar-refractivity contribution in [3.8, 4) is 16.9 Å². The van der Waals surface area contributed by atoms with Crippen LogP contribution < -0.4 is 15.0 Å². The molecule has 3 aromatic heterocycles. The van der Waals surface area contributed by atoms with Gasteiger partial charge in [-0.15, -0.1) is 0 Å². The van der Waals surface area contributed by atoms with Crippen LogP contribution in [0.4, 0.5) is 14.7 Å². The summed E-state index contributed by atoms with van der Waals surface area (Å²) in [6.45, 7) is 0.462. The Morgan fingerprint density at radius 1 is 1.12 bits per heavy atom. The van der Waals surface area contributed by atoms with Crippen LogP contribution in [0, 0.1) is 6.92 Å². The fraction of sp³-hybridized carbons (Fsp3) is 0.250. The number of hydrogen-bond donors (Lipinski definition) is 1. The molecule has 0 atom stereocenters. The number of para-hydroxylation sites is 1. The molecule has 0 radical (unpaired) electrons. The summed E-state index contributed by atoms with van der Waals surface area (Å²) in [6, 6.07) is 10.6. The molecule has 174 valence electrons. The Bertz CT molecular complexity index is 1340. The Morgan fingerprint density at radius 2 is 1.91 bits per heavy atom. The first-order valence-electron chi connectivity index (χ1n) is 10.8. The van der Waals surface area contributed by atoms with Gasteiger partial charge in [0.1, 0.15) is 11.4 Å². The van der Waals surface area contributed by atoms with Crippen LogP contribution in [-0.4, -0.2) is 51.5 Å². The predicted octanol–water partition coefficient (Wildman–Crippen LogP) is 3.23. The number of rotatable bonds is 6. The zero-order valence-corrected chi connectivity index (χ0v) is 18.4. The third-order valence-electron chi connectivity index (χ3n) is 5.76. The maximum absolute atomic E-state index is 12.8. The molecule has 0 saturated carbocycles. The molecule has 1 fully saturated rings. The molecular weight excluding hydrogens is 442 g/mol. The first kappa shape index (κ1) is 21.7. The highest BCUT2D eigenvalue weighted by Crippen LogP contribution is 2.27. The fourth-order valence-corrected chi connectivity index (χ4v) is 4.08. The molecule has 0 bridgehead atoms. The molecule has 1 amide bonds.